The predicted octanol–water partition coefficient (Wildman–Crippen LogP) is 4.62. The summed E-state index contributed by atoms with van der Waals surface area (Å²) in [4.78, 5) is 0. The second-order valence-electron chi connectivity index (χ2n) is 7.35. The number of benzene rings is 1. The number of hydrogen-bond donors (Lipinski definition) is 0. The molecule has 5 nitrogen and oxygen atoms in total. The van der Waals surface area contributed by atoms with Gasteiger partial charge in [0.15, 0.2) is 12.6 Å². The van der Waals surface area contributed by atoms with Gasteiger partial charge in [-0.25, -0.2) is 0 Å². The zero-order valence-electron chi connectivity index (χ0n) is 17.3. The van der Waals surface area contributed by atoms with Crippen LogP contribution in [0.2, 0.25) is 0 Å². The zero-order valence-corrected chi connectivity index (χ0v) is 17.3. The molecule has 28 heavy (non-hydrogen) atoms. The quantitative estimate of drug-likeness (QED) is 0.385. The molecule has 1 aromatic carbocycles. The minimum absolute atomic E-state index is 0.0578. The van der Waals surface area contributed by atoms with Crippen LogP contribution in [0, 0.1) is 0 Å². The minimum Gasteiger partial charge on any atom is -0.372 e. The van der Waals surface area contributed by atoms with E-state index in [9.17, 15) is 0 Å². The van der Waals surface area contributed by atoms with Gasteiger partial charge in [0.05, 0.1) is 38.1 Å². The molecule has 2 rings (SSSR count). The molecule has 0 bridgehead atoms. The highest BCUT2D eigenvalue weighted by molar-refractivity contribution is 5.13. The molecule has 1 aromatic rings. The Balaban J connectivity index is 1.66. The summed E-state index contributed by atoms with van der Waals surface area (Å²) in [7, 11) is 0. The summed E-state index contributed by atoms with van der Waals surface area (Å²) in [5.74, 6) is 0. The van der Waals surface area contributed by atoms with Gasteiger partial charge in [-0.2, -0.15) is 0 Å². The van der Waals surface area contributed by atoms with Crippen LogP contribution in [0.4, 0.5) is 0 Å². The Morgan fingerprint density at radius 3 is 2.57 bits per heavy atom. The van der Waals surface area contributed by atoms with Crippen LogP contribution in [0.3, 0.4) is 0 Å². The molecule has 1 aliphatic rings. The maximum Gasteiger partial charge on any atom is 0.177 e. The molecule has 0 radical (unpaired) electrons. The van der Waals surface area contributed by atoms with Gasteiger partial charge in [-0.05, 0) is 44.4 Å². The van der Waals surface area contributed by atoms with Gasteiger partial charge < -0.3 is 23.7 Å². The van der Waals surface area contributed by atoms with E-state index in [0.717, 1.165) is 24.0 Å². The third kappa shape index (κ3) is 8.25. The Bertz CT molecular complexity index is 586. The van der Waals surface area contributed by atoms with Crippen molar-refractivity contribution in [3.05, 3.63) is 60.7 Å². The monoisotopic (exact) mass is 390 g/mol. The third-order valence-electron chi connectivity index (χ3n) is 4.37. The van der Waals surface area contributed by atoms with Crippen molar-refractivity contribution in [3.63, 3.8) is 0 Å². The van der Waals surface area contributed by atoms with E-state index in [0.29, 0.717) is 19.8 Å². The van der Waals surface area contributed by atoms with E-state index >= 15 is 0 Å². The molecular formula is C23H34O5. The van der Waals surface area contributed by atoms with Gasteiger partial charge in [-0.3, -0.25) is 0 Å². The van der Waals surface area contributed by atoms with Crippen molar-refractivity contribution in [2.75, 3.05) is 13.2 Å². The van der Waals surface area contributed by atoms with E-state index in [-0.39, 0.29) is 24.6 Å². The van der Waals surface area contributed by atoms with Gasteiger partial charge in [-0.15, -0.1) is 0 Å². The largest absolute Gasteiger partial charge is 0.372 e. The van der Waals surface area contributed by atoms with Crippen LogP contribution in [0.15, 0.2) is 55.1 Å². The summed E-state index contributed by atoms with van der Waals surface area (Å²) >= 11 is 0. The van der Waals surface area contributed by atoms with E-state index in [4.69, 9.17) is 23.7 Å². The van der Waals surface area contributed by atoms with Gasteiger partial charge in [0.25, 0.3) is 0 Å². The normalized spacial score (nSPS) is 23.5. The van der Waals surface area contributed by atoms with E-state index in [1.165, 1.54) is 0 Å². The van der Waals surface area contributed by atoms with Gasteiger partial charge >= 0.3 is 0 Å². The van der Waals surface area contributed by atoms with Crippen LogP contribution in [0.25, 0.3) is 0 Å². The highest BCUT2D eigenvalue weighted by Gasteiger charge is 2.31. The molecule has 1 saturated heterocycles. The molecule has 0 aliphatic carbocycles. The van der Waals surface area contributed by atoms with Crippen LogP contribution in [0.1, 0.15) is 39.2 Å². The summed E-state index contributed by atoms with van der Waals surface area (Å²) in [6.07, 6.45) is 2.66. The lowest BCUT2D eigenvalue weighted by Gasteiger charge is -2.36. The standard InChI is InChI=1S/C23H34O5/c1-6-22(28-21-12-13-23(26-17(2)3)27-19(21)5)25-15-18(4)14-24-16-20-10-8-7-9-11-20/h6-11,17,19,21-23H,1,4,12-16H2,2-3,5H3/t19-,21+,22+,23+/m0/s1. The van der Waals surface area contributed by atoms with Gasteiger partial charge in [0, 0.05) is 6.42 Å². The molecule has 1 heterocycles. The van der Waals surface area contributed by atoms with E-state index in [2.05, 4.69) is 13.2 Å². The van der Waals surface area contributed by atoms with Crippen molar-refractivity contribution in [2.24, 2.45) is 0 Å². The fourth-order valence-electron chi connectivity index (χ4n) is 2.98. The molecule has 0 aromatic heterocycles. The number of ether oxygens (including phenoxy) is 5. The summed E-state index contributed by atoms with van der Waals surface area (Å²) < 4.78 is 29.1. The maximum atomic E-state index is 6.03. The second kappa shape index (κ2) is 12.1. The van der Waals surface area contributed by atoms with Crippen LogP contribution in [0.5, 0.6) is 0 Å². The van der Waals surface area contributed by atoms with Gasteiger partial charge in [-0.1, -0.05) is 43.5 Å². The molecule has 0 N–H and O–H groups in total. The van der Waals surface area contributed by atoms with E-state index in [1.807, 2.05) is 51.1 Å². The molecular weight excluding hydrogens is 356 g/mol. The first kappa shape index (κ1) is 22.8. The van der Waals surface area contributed by atoms with E-state index in [1.54, 1.807) is 6.08 Å². The predicted molar refractivity (Wildman–Crippen MR) is 110 cm³/mol. The van der Waals surface area contributed by atoms with Crippen molar-refractivity contribution >= 4 is 0 Å². The lowest BCUT2D eigenvalue weighted by molar-refractivity contribution is -0.257. The third-order valence-corrected chi connectivity index (χ3v) is 4.37. The Morgan fingerprint density at radius 1 is 1.18 bits per heavy atom. The highest BCUT2D eigenvalue weighted by atomic mass is 16.7. The Labute approximate surface area is 169 Å². The lowest BCUT2D eigenvalue weighted by Crippen LogP contribution is -2.42. The second-order valence-corrected chi connectivity index (χ2v) is 7.35. The van der Waals surface area contributed by atoms with Crippen molar-refractivity contribution in [3.8, 4) is 0 Å². The lowest BCUT2D eigenvalue weighted by atomic mass is 10.1. The average molecular weight is 391 g/mol. The van der Waals surface area contributed by atoms with Gasteiger partial charge in [0.1, 0.15) is 0 Å². The summed E-state index contributed by atoms with van der Waals surface area (Å²) in [6.45, 7) is 15.2. The fraction of sp³-hybridized carbons (Fsp3) is 0.565. The molecule has 1 fully saturated rings. The van der Waals surface area contributed by atoms with Crippen molar-refractivity contribution in [1.82, 2.24) is 0 Å². The smallest absolute Gasteiger partial charge is 0.177 e. The highest BCUT2D eigenvalue weighted by Crippen LogP contribution is 2.25. The first-order valence-corrected chi connectivity index (χ1v) is 9.96. The van der Waals surface area contributed by atoms with Gasteiger partial charge in [0.2, 0.25) is 0 Å². The molecule has 4 atom stereocenters. The molecule has 0 spiro atoms. The van der Waals surface area contributed by atoms with E-state index < -0.39 is 6.29 Å². The summed E-state index contributed by atoms with van der Waals surface area (Å²) in [6, 6.07) is 10.0. The molecule has 156 valence electrons. The molecule has 1 aliphatic heterocycles. The summed E-state index contributed by atoms with van der Waals surface area (Å²) in [5, 5.41) is 0. The van der Waals surface area contributed by atoms with Crippen LogP contribution in [-0.4, -0.2) is 44.1 Å². The number of rotatable bonds is 12. The SMILES string of the molecule is C=C[C@H](OCC(=C)COCc1ccccc1)O[C@@H]1CC[C@H](OC(C)C)O[C@H]1C. The first-order chi connectivity index (χ1) is 13.5. The molecule has 0 amide bonds. The Kier molecular flexibility index (Phi) is 9.88. The Morgan fingerprint density at radius 2 is 1.93 bits per heavy atom. The van der Waals surface area contributed by atoms with Crippen LogP contribution < -0.4 is 0 Å². The van der Waals surface area contributed by atoms with Crippen LogP contribution in [-0.2, 0) is 30.3 Å². The Hall–Kier alpha value is -1.50. The molecule has 5 heteroatoms. The summed E-state index contributed by atoms with van der Waals surface area (Å²) in [5.41, 5.74) is 1.99. The minimum atomic E-state index is -0.510. The average Bonchev–Trinajstić information content (AvgIpc) is 2.67. The molecule has 0 saturated carbocycles. The van der Waals surface area contributed by atoms with Crippen LogP contribution >= 0.6 is 0 Å². The van der Waals surface area contributed by atoms with Crippen molar-refractivity contribution in [2.45, 2.75) is 71.1 Å². The first-order valence-electron chi connectivity index (χ1n) is 9.96. The maximum absolute atomic E-state index is 6.03. The zero-order chi connectivity index (χ0) is 20.4. The topological polar surface area (TPSA) is 46.2 Å². The number of hydrogen-bond acceptors (Lipinski definition) is 5. The fourth-order valence-corrected chi connectivity index (χ4v) is 2.98. The van der Waals surface area contributed by atoms with Crippen molar-refractivity contribution < 1.29 is 23.7 Å². The van der Waals surface area contributed by atoms with Crippen molar-refractivity contribution in [1.29, 1.82) is 0 Å². The molecule has 0 unspecified atom stereocenters.